The Labute approximate surface area is 113 Å². The number of rotatable bonds is 4. The summed E-state index contributed by atoms with van der Waals surface area (Å²) in [6.07, 6.45) is 4.58. The third-order valence-electron chi connectivity index (χ3n) is 3.43. The Hall–Kier alpha value is -1.18. The lowest BCUT2D eigenvalue weighted by atomic mass is 10.00. The molecular formula is C12H19N3O3S. The van der Waals surface area contributed by atoms with Crippen LogP contribution in [0.5, 0.6) is 0 Å². The number of nitrogens with zero attached hydrogens (tertiary/aromatic N) is 2. The quantitative estimate of drug-likeness (QED) is 0.855. The maximum Gasteiger partial charge on any atom is 0.301 e. The number of aromatic nitrogens is 1. The molecule has 0 unspecified atom stereocenters. The second kappa shape index (κ2) is 5.85. The molecule has 0 aromatic carbocycles. The zero-order valence-corrected chi connectivity index (χ0v) is 11.7. The van der Waals surface area contributed by atoms with Gasteiger partial charge in [-0.25, -0.2) is 0 Å². The van der Waals surface area contributed by atoms with Crippen molar-refractivity contribution in [3.05, 3.63) is 24.0 Å². The second-order valence-electron chi connectivity index (χ2n) is 4.82. The monoisotopic (exact) mass is 285 g/mol. The van der Waals surface area contributed by atoms with Crippen molar-refractivity contribution < 1.29 is 13.5 Å². The highest BCUT2D eigenvalue weighted by Crippen LogP contribution is 2.21. The van der Waals surface area contributed by atoms with Crippen molar-refractivity contribution in [2.75, 3.05) is 24.4 Å². The van der Waals surface area contributed by atoms with Crippen LogP contribution < -0.4 is 4.72 Å². The molecule has 0 amide bonds. The molecule has 1 aliphatic heterocycles. The molecule has 19 heavy (non-hydrogen) atoms. The maximum absolute atomic E-state index is 12.2. The fraction of sp³-hybridized carbons (Fsp3) is 0.583. The predicted octanol–water partition coefficient (Wildman–Crippen LogP) is 0.751. The van der Waals surface area contributed by atoms with Gasteiger partial charge < -0.3 is 5.11 Å². The van der Waals surface area contributed by atoms with Crippen LogP contribution in [0.15, 0.2) is 18.5 Å². The van der Waals surface area contributed by atoms with E-state index in [4.69, 9.17) is 5.11 Å². The summed E-state index contributed by atoms with van der Waals surface area (Å²) < 4.78 is 28.5. The van der Waals surface area contributed by atoms with Crippen LogP contribution in [0.4, 0.5) is 5.69 Å². The van der Waals surface area contributed by atoms with Crippen molar-refractivity contribution in [3.63, 3.8) is 0 Å². The molecule has 1 aromatic rings. The van der Waals surface area contributed by atoms with Crippen molar-refractivity contribution in [3.8, 4) is 0 Å². The first-order chi connectivity index (χ1) is 9.03. The van der Waals surface area contributed by atoms with Gasteiger partial charge >= 0.3 is 10.2 Å². The summed E-state index contributed by atoms with van der Waals surface area (Å²) in [5, 5.41) is 9.06. The Morgan fingerprint density at radius 1 is 1.47 bits per heavy atom. The van der Waals surface area contributed by atoms with Gasteiger partial charge in [-0.2, -0.15) is 12.7 Å². The Morgan fingerprint density at radius 2 is 2.16 bits per heavy atom. The average Bonchev–Trinajstić information content (AvgIpc) is 2.41. The molecular weight excluding hydrogens is 266 g/mol. The van der Waals surface area contributed by atoms with E-state index in [0.29, 0.717) is 31.6 Å². The van der Waals surface area contributed by atoms with Gasteiger partial charge in [-0.05, 0) is 37.3 Å². The molecule has 0 bridgehead atoms. The number of aryl methyl sites for hydroxylation is 1. The van der Waals surface area contributed by atoms with Gasteiger partial charge in [-0.15, -0.1) is 0 Å². The number of hydrogen-bond donors (Lipinski definition) is 2. The normalized spacial score (nSPS) is 18.4. The third kappa shape index (κ3) is 3.43. The van der Waals surface area contributed by atoms with E-state index in [0.717, 1.165) is 5.56 Å². The zero-order valence-electron chi connectivity index (χ0n) is 10.9. The van der Waals surface area contributed by atoms with Crippen LogP contribution >= 0.6 is 0 Å². The van der Waals surface area contributed by atoms with Crippen molar-refractivity contribution in [2.24, 2.45) is 5.92 Å². The van der Waals surface area contributed by atoms with E-state index in [1.165, 1.54) is 4.31 Å². The topological polar surface area (TPSA) is 82.5 Å². The molecule has 106 valence electrons. The van der Waals surface area contributed by atoms with Crippen LogP contribution in [-0.2, 0) is 10.2 Å². The minimum absolute atomic E-state index is 0.130. The van der Waals surface area contributed by atoms with Crippen LogP contribution in [0, 0.1) is 12.8 Å². The van der Waals surface area contributed by atoms with Gasteiger partial charge in [0.1, 0.15) is 0 Å². The van der Waals surface area contributed by atoms with Crippen molar-refractivity contribution >= 4 is 15.9 Å². The first kappa shape index (κ1) is 14.2. The molecule has 0 atom stereocenters. The molecule has 0 saturated carbocycles. The molecule has 6 nitrogen and oxygen atoms in total. The fourth-order valence-electron chi connectivity index (χ4n) is 2.12. The fourth-order valence-corrected chi connectivity index (χ4v) is 3.45. The predicted molar refractivity (Wildman–Crippen MR) is 72.9 cm³/mol. The second-order valence-corrected chi connectivity index (χ2v) is 6.49. The van der Waals surface area contributed by atoms with Crippen LogP contribution in [0.25, 0.3) is 0 Å². The lowest BCUT2D eigenvalue weighted by Crippen LogP contribution is -2.42. The summed E-state index contributed by atoms with van der Waals surface area (Å²) in [7, 11) is -3.52. The van der Waals surface area contributed by atoms with Crippen LogP contribution in [-0.4, -0.2) is 42.5 Å². The Kier molecular flexibility index (Phi) is 4.38. The number of pyridine rings is 1. The number of aliphatic hydroxyl groups is 1. The lowest BCUT2D eigenvalue weighted by Gasteiger charge is -2.30. The van der Waals surface area contributed by atoms with Crippen LogP contribution in [0.1, 0.15) is 18.4 Å². The molecule has 2 rings (SSSR count). The summed E-state index contributed by atoms with van der Waals surface area (Å²) in [6, 6.07) is 1.65. The summed E-state index contributed by atoms with van der Waals surface area (Å²) >= 11 is 0. The van der Waals surface area contributed by atoms with Crippen molar-refractivity contribution in [2.45, 2.75) is 19.8 Å². The minimum Gasteiger partial charge on any atom is -0.396 e. The van der Waals surface area contributed by atoms with E-state index in [9.17, 15) is 8.42 Å². The molecule has 1 aliphatic rings. The minimum atomic E-state index is -3.52. The van der Waals surface area contributed by atoms with Gasteiger partial charge in [-0.3, -0.25) is 9.71 Å². The van der Waals surface area contributed by atoms with Crippen LogP contribution in [0.2, 0.25) is 0 Å². The molecule has 0 spiro atoms. The highest BCUT2D eigenvalue weighted by molar-refractivity contribution is 7.90. The Bertz CT molecular complexity index is 525. The van der Waals surface area contributed by atoms with E-state index in [1.807, 2.05) is 6.92 Å². The molecule has 1 saturated heterocycles. The van der Waals surface area contributed by atoms with E-state index in [1.54, 1.807) is 18.5 Å². The van der Waals surface area contributed by atoms with Gasteiger partial charge in [-0.1, -0.05) is 0 Å². The molecule has 1 aromatic heterocycles. The molecule has 0 aliphatic carbocycles. The van der Waals surface area contributed by atoms with Gasteiger partial charge in [0.25, 0.3) is 0 Å². The molecule has 1 fully saturated rings. The average molecular weight is 285 g/mol. The number of aliphatic hydroxyl groups excluding tert-OH is 1. The maximum atomic E-state index is 12.2. The van der Waals surface area contributed by atoms with Gasteiger partial charge in [0, 0.05) is 32.1 Å². The highest BCUT2D eigenvalue weighted by Gasteiger charge is 2.27. The number of anilines is 1. The van der Waals surface area contributed by atoms with E-state index in [-0.39, 0.29) is 12.5 Å². The summed E-state index contributed by atoms with van der Waals surface area (Å²) in [4.78, 5) is 3.93. The zero-order chi connectivity index (χ0) is 13.9. The van der Waals surface area contributed by atoms with Crippen LogP contribution in [0.3, 0.4) is 0 Å². The first-order valence-corrected chi connectivity index (χ1v) is 7.76. The standard InChI is InChI=1S/C12H19N3O3S/c1-10-8-13-5-2-12(10)14-19(17,18)15-6-3-11(9-16)4-7-15/h2,5,8,11,16H,3-4,6-7,9H2,1H3,(H,13,14). The summed E-state index contributed by atoms with van der Waals surface area (Å²) in [5.41, 5.74) is 1.34. The van der Waals surface area contributed by atoms with Crippen molar-refractivity contribution in [1.29, 1.82) is 0 Å². The van der Waals surface area contributed by atoms with Gasteiger partial charge in [0.15, 0.2) is 0 Å². The number of nitrogens with one attached hydrogen (secondary N) is 1. The van der Waals surface area contributed by atoms with E-state index < -0.39 is 10.2 Å². The molecule has 7 heteroatoms. The number of piperidine rings is 1. The van der Waals surface area contributed by atoms with E-state index >= 15 is 0 Å². The van der Waals surface area contributed by atoms with E-state index in [2.05, 4.69) is 9.71 Å². The summed E-state index contributed by atoms with van der Waals surface area (Å²) in [6.45, 7) is 2.84. The van der Waals surface area contributed by atoms with Crippen molar-refractivity contribution in [1.82, 2.24) is 9.29 Å². The number of hydrogen-bond acceptors (Lipinski definition) is 4. The lowest BCUT2D eigenvalue weighted by molar-refractivity contribution is 0.170. The molecule has 2 N–H and O–H groups in total. The SMILES string of the molecule is Cc1cnccc1NS(=O)(=O)N1CCC(CO)CC1. The molecule has 2 heterocycles. The largest absolute Gasteiger partial charge is 0.396 e. The highest BCUT2D eigenvalue weighted by atomic mass is 32.2. The third-order valence-corrected chi connectivity index (χ3v) is 4.95. The Balaban J connectivity index is 2.05. The van der Waals surface area contributed by atoms with Gasteiger partial charge in [0.2, 0.25) is 0 Å². The summed E-state index contributed by atoms with van der Waals surface area (Å²) in [5.74, 6) is 0.217. The molecule has 0 radical (unpaired) electrons. The smallest absolute Gasteiger partial charge is 0.301 e. The first-order valence-electron chi connectivity index (χ1n) is 6.32. The Morgan fingerprint density at radius 3 is 2.74 bits per heavy atom. The van der Waals surface area contributed by atoms with Gasteiger partial charge in [0.05, 0.1) is 5.69 Å².